The zero-order valence-corrected chi connectivity index (χ0v) is 23.1. The molecule has 0 radical (unpaired) electrons. The average molecular weight is 553 g/mol. The molecule has 0 aliphatic rings. The van der Waals surface area contributed by atoms with Gasteiger partial charge >= 0.3 is 0 Å². The molecule has 0 spiro atoms. The summed E-state index contributed by atoms with van der Waals surface area (Å²) in [5.41, 5.74) is 8.98. The fourth-order valence-electron chi connectivity index (χ4n) is 6.10. The fraction of sp³-hybridized carbons (Fsp3) is 0. The highest BCUT2D eigenvalue weighted by atomic mass is 32.1. The maximum atomic E-state index is 9.78. The summed E-state index contributed by atoms with van der Waals surface area (Å²) in [6.07, 6.45) is 0. The van der Waals surface area contributed by atoms with Crippen LogP contribution in [0.1, 0.15) is 11.1 Å². The molecular formula is C38H20N2OS. The van der Waals surface area contributed by atoms with Crippen molar-refractivity contribution in [1.29, 1.82) is 10.5 Å². The predicted molar refractivity (Wildman–Crippen MR) is 172 cm³/mol. The number of nitrogens with zero attached hydrogens (tertiary/aromatic N) is 2. The summed E-state index contributed by atoms with van der Waals surface area (Å²) < 4.78 is 8.96. The molecule has 0 atom stereocenters. The highest BCUT2D eigenvalue weighted by Crippen LogP contribution is 2.47. The van der Waals surface area contributed by atoms with E-state index in [1.807, 2.05) is 53.8 Å². The van der Waals surface area contributed by atoms with Crippen LogP contribution in [0.2, 0.25) is 0 Å². The van der Waals surface area contributed by atoms with Gasteiger partial charge in [0.15, 0.2) is 0 Å². The van der Waals surface area contributed by atoms with Gasteiger partial charge in [-0.1, -0.05) is 84.9 Å². The Morgan fingerprint density at radius 3 is 2.05 bits per heavy atom. The molecule has 0 aliphatic carbocycles. The average Bonchev–Trinajstić information content (AvgIpc) is 3.62. The standard InChI is InChI=1S/C38H20N2OS/c39-21-23-7-3-8-25(19-23)36-27(29-12-5-13-30-33-20-24(22-40)17-18-34(33)41-37(29)30)10-4-11-28(36)32-15-6-14-31-26-9-1-2-16-35(26)42-38(31)32/h1-20H. The normalized spacial score (nSPS) is 11.3. The number of thiophene rings is 1. The Labute approximate surface area is 245 Å². The van der Waals surface area contributed by atoms with Crippen LogP contribution in [0.4, 0.5) is 0 Å². The van der Waals surface area contributed by atoms with Gasteiger partial charge in [0.05, 0.1) is 23.3 Å². The number of rotatable bonds is 3. The van der Waals surface area contributed by atoms with Crippen LogP contribution in [0.15, 0.2) is 126 Å². The lowest BCUT2D eigenvalue weighted by molar-refractivity contribution is 0.670. The van der Waals surface area contributed by atoms with Crippen LogP contribution in [0.3, 0.4) is 0 Å². The van der Waals surface area contributed by atoms with E-state index in [0.717, 1.165) is 55.3 Å². The lowest BCUT2D eigenvalue weighted by atomic mass is 9.86. The minimum absolute atomic E-state index is 0.600. The molecule has 0 saturated heterocycles. The molecule has 8 aromatic rings. The molecule has 0 bridgehead atoms. The van der Waals surface area contributed by atoms with E-state index in [0.29, 0.717) is 11.1 Å². The number of nitriles is 2. The third-order valence-corrected chi connectivity index (χ3v) is 9.18. The monoisotopic (exact) mass is 552 g/mol. The first-order valence-electron chi connectivity index (χ1n) is 13.6. The van der Waals surface area contributed by atoms with Gasteiger partial charge in [0.1, 0.15) is 11.2 Å². The molecule has 3 nitrogen and oxygen atoms in total. The first kappa shape index (κ1) is 24.1. The van der Waals surface area contributed by atoms with Gasteiger partial charge in [0.25, 0.3) is 0 Å². The highest BCUT2D eigenvalue weighted by molar-refractivity contribution is 7.26. The Kier molecular flexibility index (Phi) is 5.44. The maximum Gasteiger partial charge on any atom is 0.143 e. The Morgan fingerprint density at radius 1 is 0.524 bits per heavy atom. The smallest absolute Gasteiger partial charge is 0.143 e. The van der Waals surface area contributed by atoms with Gasteiger partial charge in [0.2, 0.25) is 0 Å². The van der Waals surface area contributed by atoms with Crippen molar-refractivity contribution in [2.45, 2.75) is 0 Å². The van der Waals surface area contributed by atoms with Crippen molar-refractivity contribution in [2.24, 2.45) is 0 Å². The number of para-hydroxylation sites is 1. The van der Waals surface area contributed by atoms with Gasteiger partial charge in [-0.2, -0.15) is 10.5 Å². The van der Waals surface area contributed by atoms with Crippen molar-refractivity contribution in [1.82, 2.24) is 0 Å². The van der Waals surface area contributed by atoms with E-state index in [2.05, 4.69) is 84.9 Å². The first-order valence-corrected chi connectivity index (χ1v) is 14.4. The summed E-state index contributed by atoms with van der Waals surface area (Å²) in [5.74, 6) is 0. The molecular weight excluding hydrogens is 532 g/mol. The molecule has 0 aliphatic heterocycles. The minimum Gasteiger partial charge on any atom is -0.455 e. The molecule has 0 unspecified atom stereocenters. The van der Waals surface area contributed by atoms with Crippen molar-refractivity contribution in [3.63, 3.8) is 0 Å². The van der Waals surface area contributed by atoms with Gasteiger partial charge < -0.3 is 4.42 Å². The lowest BCUT2D eigenvalue weighted by Crippen LogP contribution is -1.92. The number of hydrogen-bond acceptors (Lipinski definition) is 4. The summed E-state index contributed by atoms with van der Waals surface area (Å²) in [6, 6.07) is 45.6. The summed E-state index contributed by atoms with van der Waals surface area (Å²) >= 11 is 1.81. The third-order valence-electron chi connectivity index (χ3n) is 7.96. The van der Waals surface area contributed by atoms with Crippen molar-refractivity contribution in [2.75, 3.05) is 0 Å². The zero-order chi connectivity index (χ0) is 28.2. The topological polar surface area (TPSA) is 60.7 Å². The van der Waals surface area contributed by atoms with Gasteiger partial charge in [-0.05, 0) is 58.7 Å². The molecule has 194 valence electrons. The fourth-order valence-corrected chi connectivity index (χ4v) is 7.33. The second kappa shape index (κ2) is 9.46. The van der Waals surface area contributed by atoms with Gasteiger partial charge in [-0.25, -0.2) is 0 Å². The van der Waals surface area contributed by atoms with Gasteiger partial charge in [-0.15, -0.1) is 11.3 Å². The Morgan fingerprint density at radius 2 is 1.19 bits per heavy atom. The number of benzene rings is 6. The Balaban J connectivity index is 1.47. The van der Waals surface area contributed by atoms with Crippen LogP contribution in [0, 0.1) is 22.7 Å². The van der Waals surface area contributed by atoms with E-state index in [-0.39, 0.29) is 0 Å². The van der Waals surface area contributed by atoms with Crippen LogP contribution in [0.5, 0.6) is 0 Å². The third kappa shape index (κ3) is 3.64. The molecule has 42 heavy (non-hydrogen) atoms. The van der Waals surface area contributed by atoms with E-state index < -0.39 is 0 Å². The number of fused-ring (bicyclic) bond motifs is 6. The molecule has 2 aromatic heterocycles. The predicted octanol–water partition coefficient (Wildman–Crippen LogP) is 10.7. The quantitative estimate of drug-likeness (QED) is 0.219. The van der Waals surface area contributed by atoms with E-state index >= 15 is 0 Å². The molecule has 0 fully saturated rings. The SMILES string of the molecule is N#Cc1cccc(-c2c(-c3cccc4c3oc3ccc(C#N)cc34)cccc2-c2cccc3c2sc2ccccc23)c1. The van der Waals surface area contributed by atoms with Gasteiger partial charge in [-0.3, -0.25) is 0 Å². The summed E-state index contributed by atoms with van der Waals surface area (Å²) in [5, 5.41) is 23.7. The summed E-state index contributed by atoms with van der Waals surface area (Å²) in [7, 11) is 0. The van der Waals surface area contributed by atoms with E-state index in [4.69, 9.17) is 4.42 Å². The zero-order valence-electron chi connectivity index (χ0n) is 22.3. The maximum absolute atomic E-state index is 9.78. The van der Waals surface area contributed by atoms with Gasteiger partial charge in [0, 0.05) is 42.1 Å². The molecule has 0 N–H and O–H groups in total. The van der Waals surface area contributed by atoms with Crippen LogP contribution >= 0.6 is 11.3 Å². The van der Waals surface area contributed by atoms with E-state index in [9.17, 15) is 10.5 Å². The minimum atomic E-state index is 0.600. The van der Waals surface area contributed by atoms with Crippen molar-refractivity contribution < 1.29 is 4.42 Å². The van der Waals surface area contributed by atoms with Crippen LogP contribution in [-0.2, 0) is 0 Å². The molecule has 0 saturated carbocycles. The molecule has 2 heterocycles. The lowest BCUT2D eigenvalue weighted by Gasteiger charge is -2.17. The van der Waals surface area contributed by atoms with Crippen molar-refractivity contribution in [3.05, 3.63) is 132 Å². The van der Waals surface area contributed by atoms with Crippen molar-refractivity contribution in [3.8, 4) is 45.5 Å². The van der Waals surface area contributed by atoms with Crippen LogP contribution < -0.4 is 0 Å². The second-order valence-corrected chi connectivity index (χ2v) is 11.4. The molecule has 6 aromatic carbocycles. The highest BCUT2D eigenvalue weighted by Gasteiger charge is 2.21. The molecule has 8 rings (SSSR count). The Hall–Kier alpha value is -5.68. The van der Waals surface area contributed by atoms with Crippen LogP contribution in [-0.4, -0.2) is 0 Å². The largest absolute Gasteiger partial charge is 0.455 e. The summed E-state index contributed by atoms with van der Waals surface area (Å²) in [6.45, 7) is 0. The first-order chi connectivity index (χ1) is 20.7. The van der Waals surface area contributed by atoms with E-state index in [1.165, 1.54) is 20.2 Å². The van der Waals surface area contributed by atoms with Crippen LogP contribution in [0.25, 0.3) is 75.5 Å². The molecule has 4 heteroatoms. The van der Waals surface area contributed by atoms with E-state index in [1.54, 1.807) is 6.07 Å². The number of hydrogen-bond donors (Lipinski definition) is 0. The summed E-state index contributed by atoms with van der Waals surface area (Å²) in [4.78, 5) is 0. The second-order valence-electron chi connectivity index (χ2n) is 10.3. The Bertz CT molecular complexity index is 2450. The molecule has 0 amide bonds. The van der Waals surface area contributed by atoms with Crippen molar-refractivity contribution >= 4 is 53.4 Å². The number of furan rings is 1.